The molecule has 6 aliphatic carbocycles. The van der Waals surface area contributed by atoms with E-state index in [1.54, 1.807) is 6.92 Å². The molecule has 15 rings (SSSR count). The molecule has 13 N–H and O–H groups in total. The van der Waals surface area contributed by atoms with E-state index >= 15 is 0 Å². The molecule has 0 radical (unpaired) electrons. The summed E-state index contributed by atoms with van der Waals surface area (Å²) in [6.07, 6.45) is 22.9. The molecule has 7 fully saturated rings. The van der Waals surface area contributed by atoms with E-state index in [-0.39, 0.29) is 101 Å². The molecule has 7 aliphatic rings. The molecule has 6 saturated carbocycles. The van der Waals surface area contributed by atoms with Crippen molar-refractivity contribution in [3.05, 3.63) is 144 Å². The zero-order chi connectivity index (χ0) is 81.6. The lowest BCUT2D eigenvalue weighted by atomic mass is 10.2. The Hall–Kier alpha value is -10.7. The molecule has 0 unspecified atom stereocenters. The number of carbonyl (C=O) groups is 8. The van der Waals surface area contributed by atoms with Gasteiger partial charge < -0.3 is 82.9 Å². The molecule has 606 valence electrons. The van der Waals surface area contributed by atoms with Gasteiger partial charge in [-0.2, -0.15) is 13.5 Å². The minimum absolute atomic E-state index is 0. The third kappa shape index (κ3) is 28.8. The molecule has 3 amide bonds. The number of piperazine rings is 1. The summed E-state index contributed by atoms with van der Waals surface area (Å²) >= 11 is 39.5. The Morgan fingerprint density at radius 2 is 0.702 bits per heavy atom. The van der Waals surface area contributed by atoms with Crippen LogP contribution in [0.1, 0.15) is 157 Å². The number of nitrogens with two attached hydrogens (primary N) is 2. The number of benzene rings is 1. The lowest BCUT2D eigenvalue weighted by Crippen LogP contribution is -2.48. The maximum atomic E-state index is 11.7. The molecular formula is C68H76Cl7N25O13S. The van der Waals surface area contributed by atoms with Gasteiger partial charge in [0.25, 0.3) is 11.8 Å². The molecule has 8 heterocycles. The Labute approximate surface area is 692 Å². The fourth-order valence-electron chi connectivity index (χ4n) is 9.26. The lowest BCUT2D eigenvalue weighted by molar-refractivity contribution is -0.129. The van der Waals surface area contributed by atoms with Crippen LogP contribution in [0.4, 0.5) is 52.1 Å². The van der Waals surface area contributed by atoms with E-state index in [4.69, 9.17) is 103 Å². The zero-order valence-electron chi connectivity index (χ0n) is 61.0. The second-order valence-corrected chi connectivity index (χ2v) is 27.8. The van der Waals surface area contributed by atoms with Gasteiger partial charge in [-0.3, -0.25) is 14.4 Å². The van der Waals surface area contributed by atoms with Crippen molar-refractivity contribution < 1.29 is 62.8 Å². The SMILES string of the molecule is CC(=O)N1CCN(c2ccc(Nc3nc(NC4CC4)cnc3C(N)=O)cc2)CC1.COC(=O)c1ncc(Cl)nc1Cl.COC(=O)c1ncc(Cl)nc1NC1CC1.COC(=O)c1ncc(NC2CC2)nc1Cl.NC(=O)c1ncc(NC2CC2)nc1Cl.O=C(O)c1ncc(Cl)nc1NC1CC1.O=C(O)c1ncc(NC2CC2)nc1Cl.S. The van der Waals surface area contributed by atoms with Crippen LogP contribution < -0.4 is 53.6 Å². The van der Waals surface area contributed by atoms with Crippen molar-refractivity contribution >= 4 is 194 Å². The first kappa shape index (κ1) is 88.9. The topological polar surface area (TPSA) is 528 Å². The van der Waals surface area contributed by atoms with E-state index in [0.29, 0.717) is 71.2 Å². The molecule has 0 bridgehead atoms. The summed E-state index contributed by atoms with van der Waals surface area (Å²) in [5.41, 5.74) is 12.4. The number of hydrogen-bond acceptors (Lipinski definition) is 33. The Balaban J connectivity index is 0.000000170. The molecule has 0 spiro atoms. The van der Waals surface area contributed by atoms with Crippen LogP contribution in [0.3, 0.4) is 0 Å². The highest BCUT2D eigenvalue weighted by Crippen LogP contribution is 2.32. The number of esters is 3. The normalized spacial score (nSPS) is 14.7. The number of methoxy groups -OCH3 is 3. The van der Waals surface area contributed by atoms with Crippen molar-refractivity contribution in [2.24, 2.45) is 11.5 Å². The fraction of sp³-hybridized carbons (Fsp3) is 0.382. The monoisotopic (exact) mass is 1730 g/mol. The highest BCUT2D eigenvalue weighted by Gasteiger charge is 2.30. The largest absolute Gasteiger partial charge is 0.476 e. The number of hydrogen-bond donors (Lipinski definition) is 11. The smallest absolute Gasteiger partial charge is 0.360 e. The number of halogens is 7. The second-order valence-electron chi connectivity index (χ2n) is 25.2. The van der Waals surface area contributed by atoms with E-state index < -0.39 is 41.7 Å². The van der Waals surface area contributed by atoms with Crippen LogP contribution in [-0.2, 0) is 19.0 Å². The van der Waals surface area contributed by atoms with Crippen molar-refractivity contribution in [3.63, 3.8) is 0 Å². The van der Waals surface area contributed by atoms with Crippen LogP contribution in [-0.4, -0.2) is 216 Å². The summed E-state index contributed by atoms with van der Waals surface area (Å²) in [6, 6.07) is 10.4. The van der Waals surface area contributed by atoms with Gasteiger partial charge in [0.05, 0.1) is 64.7 Å². The van der Waals surface area contributed by atoms with Gasteiger partial charge >= 0.3 is 29.8 Å². The van der Waals surface area contributed by atoms with Gasteiger partial charge in [-0.25, -0.2) is 93.7 Å². The maximum absolute atomic E-state index is 11.7. The number of primary amides is 2. The number of ether oxygens (including phenoxy) is 3. The molecule has 38 nitrogen and oxygen atoms in total. The predicted molar refractivity (Wildman–Crippen MR) is 429 cm³/mol. The number of nitrogens with zero attached hydrogens (tertiary/aromatic N) is 16. The summed E-state index contributed by atoms with van der Waals surface area (Å²) in [5, 5.41) is 39.8. The van der Waals surface area contributed by atoms with Crippen LogP contribution >= 0.6 is 94.7 Å². The summed E-state index contributed by atoms with van der Waals surface area (Å²) in [4.78, 5) is 147. The number of aromatic nitrogens is 14. The van der Waals surface area contributed by atoms with Crippen LogP contribution in [0.15, 0.2) is 67.6 Å². The predicted octanol–water partition coefficient (Wildman–Crippen LogP) is 9.83. The number of amides is 3. The van der Waals surface area contributed by atoms with Crippen molar-refractivity contribution in [2.75, 3.05) is 89.6 Å². The summed E-state index contributed by atoms with van der Waals surface area (Å²) < 4.78 is 13.5. The van der Waals surface area contributed by atoms with Gasteiger partial charge in [-0.1, -0.05) is 81.2 Å². The molecule has 1 aliphatic heterocycles. The van der Waals surface area contributed by atoms with E-state index in [1.807, 2.05) is 29.2 Å². The van der Waals surface area contributed by atoms with Crippen molar-refractivity contribution in [1.82, 2.24) is 74.7 Å². The highest BCUT2D eigenvalue weighted by atomic mass is 35.5. The summed E-state index contributed by atoms with van der Waals surface area (Å²) in [6.45, 7) is 4.67. The van der Waals surface area contributed by atoms with Gasteiger partial charge in [-0.05, 0) is 101 Å². The molecule has 114 heavy (non-hydrogen) atoms. The van der Waals surface area contributed by atoms with Crippen molar-refractivity contribution in [1.29, 1.82) is 0 Å². The zero-order valence-corrected chi connectivity index (χ0v) is 67.3. The van der Waals surface area contributed by atoms with Gasteiger partial charge in [0.1, 0.15) is 38.7 Å². The number of carboxylic acid groups (broad SMARTS) is 2. The van der Waals surface area contributed by atoms with Crippen LogP contribution in [0.2, 0.25) is 36.1 Å². The number of carboxylic acids is 2. The van der Waals surface area contributed by atoms with E-state index in [1.165, 1.54) is 64.7 Å². The van der Waals surface area contributed by atoms with Gasteiger partial charge in [0.2, 0.25) is 5.91 Å². The van der Waals surface area contributed by atoms with E-state index in [2.05, 4.69) is 126 Å². The molecule has 0 atom stereocenters. The third-order valence-electron chi connectivity index (χ3n) is 15.9. The molecule has 8 aromatic rings. The second kappa shape index (κ2) is 42.4. The Morgan fingerprint density at radius 3 is 1.06 bits per heavy atom. The van der Waals surface area contributed by atoms with Crippen LogP contribution in [0, 0.1) is 0 Å². The summed E-state index contributed by atoms with van der Waals surface area (Å²) in [5.74, 6) is -1.84. The quantitative estimate of drug-likeness (QED) is 0.0222. The van der Waals surface area contributed by atoms with Crippen LogP contribution in [0.25, 0.3) is 0 Å². The fourth-order valence-corrected chi connectivity index (χ4v) is 10.6. The van der Waals surface area contributed by atoms with E-state index in [0.717, 1.165) is 115 Å². The number of carbonyl (C=O) groups excluding carboxylic acids is 6. The minimum atomic E-state index is -1.17. The number of nitrogens with one attached hydrogen (secondary N) is 7. The number of aromatic carboxylic acids is 2. The highest BCUT2D eigenvalue weighted by molar-refractivity contribution is 7.59. The van der Waals surface area contributed by atoms with Crippen molar-refractivity contribution in [2.45, 2.75) is 120 Å². The average molecular weight is 1730 g/mol. The Kier molecular flexibility index (Phi) is 33.1. The molecule has 46 heteroatoms. The Bertz CT molecular complexity index is 4690. The molecule has 7 aromatic heterocycles. The van der Waals surface area contributed by atoms with Gasteiger partial charge in [0, 0.05) is 80.7 Å². The minimum Gasteiger partial charge on any atom is -0.476 e. The Morgan fingerprint density at radius 1 is 0.386 bits per heavy atom. The first-order valence-electron chi connectivity index (χ1n) is 34.5. The maximum Gasteiger partial charge on any atom is 0.360 e. The van der Waals surface area contributed by atoms with Crippen LogP contribution in [0.5, 0.6) is 0 Å². The van der Waals surface area contributed by atoms with Gasteiger partial charge in [0.15, 0.2) is 77.9 Å². The summed E-state index contributed by atoms with van der Waals surface area (Å²) in [7, 11) is 3.81. The first-order chi connectivity index (χ1) is 54.0. The molecule has 1 saturated heterocycles. The molecule has 1 aromatic carbocycles. The average Bonchev–Trinajstić information content (AvgIpc) is 1.69. The number of anilines is 9. The third-order valence-corrected chi connectivity index (χ3v) is 17.5. The lowest BCUT2D eigenvalue weighted by Gasteiger charge is -2.35. The standard InChI is InChI=1S/C20H25N7O2.2C9H10ClN3O2.C8H9ClN4O.2C8H8ClN3O2.C6H4Cl2N2O2.H2S/c1-13(28)26-8-10-27(11-9-26)16-6-4-15(5-7-16)24-20-18(19(21)29)22-12-17(25-20)23-14-2-3-14;1-15-9(14)7-8(10)13-6(4-11-7)12-5-2-3-5;1-15-9(14)7-8(12-5-2-3-5)13-6(10)4-11-7;9-7-6(8(10)14)11-3-5(13-7)12-4-1-2-4;9-7-6(8(13)14)10-3-5(12-7)11-4-1-2-4;9-5-3-10-6(8(13)14)7(12-5)11-4-1-2-4;1-12-6(11)4-5(8)10-3(7)2-9-4;/h4-7,12,14H,2-3,8-11H2,1H3,(H2,21,29)(H2,23,24,25);2*4-5H,2-3H2,1H3,(H,12,13);3-4H,1-2H2,(H2,10,14)(H,12,13);2*3-4H,1-2H2,(H,11,12)(H,13,14);2H,1H3;1H2. The van der Waals surface area contributed by atoms with E-state index in [9.17, 15) is 38.4 Å². The molecular weight excluding hydrogens is 1660 g/mol. The van der Waals surface area contributed by atoms with Crippen molar-refractivity contribution in [3.8, 4) is 0 Å². The van der Waals surface area contributed by atoms with Gasteiger partial charge in [-0.15, -0.1) is 0 Å². The first-order valence-corrected chi connectivity index (χ1v) is 37.2. The number of rotatable bonds is 22.